The third-order valence-electron chi connectivity index (χ3n) is 2.63. The average molecular weight is 287 g/mol. The van der Waals surface area contributed by atoms with Crippen LogP contribution in [0.4, 0.5) is 0 Å². The maximum absolute atomic E-state index is 11.8. The predicted molar refractivity (Wildman–Crippen MR) is 71.4 cm³/mol. The van der Waals surface area contributed by atoms with Gasteiger partial charge in [-0.2, -0.15) is 5.10 Å². The zero-order chi connectivity index (χ0) is 13.3. The Morgan fingerprint density at radius 1 is 1.44 bits per heavy atom. The topological polar surface area (TPSA) is 76.7 Å². The van der Waals surface area contributed by atoms with Gasteiger partial charge in [-0.1, -0.05) is 30.1 Å². The van der Waals surface area contributed by atoms with E-state index in [1.165, 1.54) is 4.57 Å². The molecule has 5 nitrogen and oxygen atoms in total. The third kappa shape index (κ3) is 2.29. The van der Waals surface area contributed by atoms with Crippen molar-refractivity contribution in [2.75, 3.05) is 0 Å². The largest absolute Gasteiger partial charge is 0.347 e. The van der Waals surface area contributed by atoms with Gasteiger partial charge in [-0.25, -0.2) is 14.5 Å². The van der Waals surface area contributed by atoms with E-state index in [9.17, 15) is 4.79 Å². The lowest BCUT2D eigenvalue weighted by Gasteiger charge is -2.10. The van der Waals surface area contributed by atoms with Gasteiger partial charge in [0.25, 0.3) is 0 Å². The molecule has 1 heterocycles. The van der Waals surface area contributed by atoms with E-state index in [1.54, 1.807) is 18.2 Å². The minimum atomic E-state index is -0.354. The van der Waals surface area contributed by atoms with Gasteiger partial charge in [-0.05, 0) is 24.6 Å². The average Bonchev–Trinajstić information content (AvgIpc) is 2.74. The van der Waals surface area contributed by atoms with E-state index in [0.29, 0.717) is 28.0 Å². The molecule has 96 valence electrons. The number of nitrogens with two attached hydrogens (primary N) is 1. The second-order valence-electron chi connectivity index (χ2n) is 3.84. The van der Waals surface area contributed by atoms with Crippen LogP contribution < -0.4 is 11.4 Å². The molecule has 0 saturated carbocycles. The maximum atomic E-state index is 11.8. The number of nitrogens with one attached hydrogen (secondary N) is 1. The number of hydrogen-bond donors (Lipinski definition) is 2. The normalized spacial score (nSPS) is 12.7. The SMILES string of the molecule is CC[C@H](N)c1n[nH]c(=O)n1-c1ccc(Cl)c(Cl)c1. The summed E-state index contributed by atoms with van der Waals surface area (Å²) in [5.74, 6) is 0.473. The molecule has 1 atom stereocenters. The Morgan fingerprint density at radius 3 is 2.78 bits per heavy atom. The molecule has 7 heteroatoms. The summed E-state index contributed by atoms with van der Waals surface area (Å²) >= 11 is 11.8. The van der Waals surface area contributed by atoms with Gasteiger partial charge >= 0.3 is 5.69 Å². The molecule has 0 radical (unpaired) electrons. The van der Waals surface area contributed by atoms with Crippen LogP contribution in [-0.2, 0) is 0 Å². The Hall–Kier alpha value is -1.30. The lowest BCUT2D eigenvalue weighted by molar-refractivity contribution is 0.631. The van der Waals surface area contributed by atoms with Gasteiger partial charge in [-0.15, -0.1) is 0 Å². The lowest BCUT2D eigenvalue weighted by atomic mass is 10.2. The van der Waals surface area contributed by atoms with Crippen molar-refractivity contribution in [3.63, 3.8) is 0 Å². The second kappa shape index (κ2) is 5.14. The number of rotatable bonds is 3. The highest BCUT2D eigenvalue weighted by atomic mass is 35.5. The molecule has 2 aromatic rings. The monoisotopic (exact) mass is 286 g/mol. The molecule has 1 aromatic heterocycles. The Bertz CT molecular complexity index is 620. The molecule has 1 aromatic carbocycles. The zero-order valence-corrected chi connectivity index (χ0v) is 11.2. The third-order valence-corrected chi connectivity index (χ3v) is 3.37. The molecular weight excluding hydrogens is 275 g/mol. The van der Waals surface area contributed by atoms with Crippen LogP contribution in [0.25, 0.3) is 5.69 Å². The summed E-state index contributed by atoms with van der Waals surface area (Å²) in [6.45, 7) is 1.92. The van der Waals surface area contributed by atoms with Crippen LogP contribution in [0.2, 0.25) is 10.0 Å². The number of aromatic amines is 1. The summed E-state index contributed by atoms with van der Waals surface area (Å²) in [4.78, 5) is 11.8. The van der Waals surface area contributed by atoms with Crippen molar-refractivity contribution in [3.05, 3.63) is 44.6 Å². The van der Waals surface area contributed by atoms with Gasteiger partial charge < -0.3 is 5.73 Å². The van der Waals surface area contributed by atoms with E-state index >= 15 is 0 Å². The molecular formula is C11H12Cl2N4O. The lowest BCUT2D eigenvalue weighted by Crippen LogP contribution is -2.21. The van der Waals surface area contributed by atoms with Crippen LogP contribution in [0.3, 0.4) is 0 Å². The molecule has 0 aliphatic rings. The van der Waals surface area contributed by atoms with E-state index < -0.39 is 0 Å². The summed E-state index contributed by atoms with van der Waals surface area (Å²) < 4.78 is 1.40. The van der Waals surface area contributed by atoms with Crippen molar-refractivity contribution in [1.29, 1.82) is 0 Å². The predicted octanol–water partition coefficient (Wildman–Crippen LogP) is 2.28. The Balaban J connectivity index is 2.59. The van der Waals surface area contributed by atoms with E-state index in [1.807, 2.05) is 6.92 Å². The molecule has 0 spiro atoms. The first-order valence-corrected chi connectivity index (χ1v) is 6.18. The van der Waals surface area contributed by atoms with Crippen LogP contribution in [0.1, 0.15) is 25.2 Å². The highest BCUT2D eigenvalue weighted by Gasteiger charge is 2.16. The molecule has 0 aliphatic heterocycles. The molecule has 0 saturated heterocycles. The number of halogens is 2. The smallest absolute Gasteiger partial charge is 0.321 e. The molecule has 0 fully saturated rings. The van der Waals surface area contributed by atoms with E-state index in [-0.39, 0.29) is 11.7 Å². The van der Waals surface area contributed by atoms with Crippen molar-refractivity contribution in [2.24, 2.45) is 5.73 Å². The Morgan fingerprint density at radius 2 is 2.17 bits per heavy atom. The van der Waals surface area contributed by atoms with Gasteiger partial charge in [0.1, 0.15) is 0 Å². The van der Waals surface area contributed by atoms with Crippen molar-refractivity contribution >= 4 is 23.2 Å². The number of aromatic nitrogens is 3. The maximum Gasteiger partial charge on any atom is 0.347 e. The Labute approximate surface area is 114 Å². The zero-order valence-electron chi connectivity index (χ0n) is 9.65. The van der Waals surface area contributed by atoms with Gasteiger partial charge in [0.15, 0.2) is 5.82 Å². The standard InChI is InChI=1S/C11H12Cl2N4O/c1-2-9(14)10-15-16-11(18)17(10)6-3-4-7(12)8(13)5-6/h3-5,9H,2,14H2,1H3,(H,16,18)/t9-/m0/s1. The molecule has 2 rings (SSSR count). The highest BCUT2D eigenvalue weighted by Crippen LogP contribution is 2.25. The van der Waals surface area contributed by atoms with Crippen LogP contribution in [0.5, 0.6) is 0 Å². The van der Waals surface area contributed by atoms with Crippen molar-refractivity contribution < 1.29 is 0 Å². The minimum Gasteiger partial charge on any atom is -0.321 e. The van der Waals surface area contributed by atoms with Crippen molar-refractivity contribution in [1.82, 2.24) is 14.8 Å². The molecule has 0 amide bonds. The first kappa shape index (κ1) is 13.1. The second-order valence-corrected chi connectivity index (χ2v) is 4.65. The fraction of sp³-hybridized carbons (Fsp3) is 0.273. The van der Waals surface area contributed by atoms with Crippen LogP contribution in [-0.4, -0.2) is 14.8 Å². The molecule has 0 aliphatic carbocycles. The fourth-order valence-electron chi connectivity index (χ4n) is 1.61. The molecule has 3 N–H and O–H groups in total. The van der Waals surface area contributed by atoms with Crippen molar-refractivity contribution in [3.8, 4) is 5.69 Å². The number of H-pyrrole nitrogens is 1. The number of nitrogens with zero attached hydrogens (tertiary/aromatic N) is 2. The molecule has 0 bridgehead atoms. The minimum absolute atomic E-state index is 0.321. The van der Waals surface area contributed by atoms with Gasteiger partial charge in [0.05, 0.1) is 21.8 Å². The van der Waals surface area contributed by atoms with Gasteiger partial charge in [0, 0.05) is 0 Å². The quantitative estimate of drug-likeness (QED) is 0.909. The van der Waals surface area contributed by atoms with E-state index in [4.69, 9.17) is 28.9 Å². The van der Waals surface area contributed by atoms with Gasteiger partial charge in [0.2, 0.25) is 0 Å². The number of benzene rings is 1. The number of hydrogen-bond acceptors (Lipinski definition) is 3. The Kier molecular flexibility index (Phi) is 3.75. The highest BCUT2D eigenvalue weighted by molar-refractivity contribution is 6.42. The summed E-state index contributed by atoms with van der Waals surface area (Å²) in [5.41, 5.74) is 6.14. The fourth-order valence-corrected chi connectivity index (χ4v) is 1.91. The van der Waals surface area contributed by atoms with Gasteiger partial charge in [-0.3, -0.25) is 0 Å². The van der Waals surface area contributed by atoms with Crippen LogP contribution >= 0.6 is 23.2 Å². The van der Waals surface area contributed by atoms with E-state index in [2.05, 4.69) is 10.2 Å². The van der Waals surface area contributed by atoms with E-state index in [0.717, 1.165) is 0 Å². The first-order chi connectivity index (χ1) is 8.54. The summed E-state index contributed by atoms with van der Waals surface area (Å²) in [7, 11) is 0. The van der Waals surface area contributed by atoms with Crippen LogP contribution in [0, 0.1) is 0 Å². The molecule has 0 unspecified atom stereocenters. The summed E-state index contributed by atoms with van der Waals surface area (Å²) in [6, 6.07) is 4.60. The summed E-state index contributed by atoms with van der Waals surface area (Å²) in [5, 5.41) is 7.13. The molecule has 18 heavy (non-hydrogen) atoms. The summed E-state index contributed by atoms with van der Waals surface area (Å²) in [6.07, 6.45) is 0.672. The van der Waals surface area contributed by atoms with Crippen molar-refractivity contribution in [2.45, 2.75) is 19.4 Å². The van der Waals surface area contributed by atoms with Crippen LogP contribution in [0.15, 0.2) is 23.0 Å². The first-order valence-electron chi connectivity index (χ1n) is 5.43.